The molecule has 0 radical (unpaired) electrons. The van der Waals surface area contributed by atoms with E-state index in [-0.39, 0.29) is 42.7 Å². The van der Waals surface area contributed by atoms with Gasteiger partial charge in [0.25, 0.3) is 0 Å². The molecule has 2 aromatic rings. The monoisotopic (exact) mass is 399 g/mol. The van der Waals surface area contributed by atoms with Gasteiger partial charge in [-0.25, -0.2) is 4.39 Å². The van der Waals surface area contributed by atoms with Crippen LogP contribution in [0.25, 0.3) is 0 Å². The van der Waals surface area contributed by atoms with Crippen molar-refractivity contribution in [1.82, 2.24) is 10.2 Å². The van der Waals surface area contributed by atoms with Gasteiger partial charge in [-0.05, 0) is 48.6 Å². The number of benzene rings is 2. The second-order valence-corrected chi connectivity index (χ2v) is 7.72. The molecule has 0 aliphatic carbocycles. The molecule has 0 bridgehead atoms. The lowest BCUT2D eigenvalue weighted by Gasteiger charge is -2.24. The van der Waals surface area contributed by atoms with E-state index in [2.05, 4.69) is 10.6 Å². The number of hydrogen-bond acceptors (Lipinski definition) is 3. The number of nitrogens with zero attached hydrogens (tertiary/aromatic N) is 1. The molecule has 0 unspecified atom stereocenters. The number of anilines is 1. The minimum absolute atomic E-state index is 0.0306. The zero-order chi connectivity index (χ0) is 21.6. The molecule has 5 nitrogen and oxygen atoms in total. The number of carbonyl (C=O) groups is 2. The largest absolute Gasteiger partial charge is 0.335 e. The maximum atomic E-state index is 13.2. The molecule has 6 heteroatoms. The quantitative estimate of drug-likeness (QED) is 0.709. The van der Waals surface area contributed by atoms with Gasteiger partial charge < -0.3 is 15.5 Å². The maximum Gasteiger partial charge on any atom is 0.243 e. The summed E-state index contributed by atoms with van der Waals surface area (Å²) >= 11 is 0. The van der Waals surface area contributed by atoms with Gasteiger partial charge in [0.2, 0.25) is 11.8 Å². The van der Waals surface area contributed by atoms with Crippen molar-refractivity contribution in [3.8, 4) is 0 Å². The molecule has 0 saturated heterocycles. The second kappa shape index (κ2) is 10.2. The summed E-state index contributed by atoms with van der Waals surface area (Å²) in [4.78, 5) is 26.3. The number of rotatable bonds is 8. The fourth-order valence-electron chi connectivity index (χ4n) is 3.23. The fourth-order valence-corrected chi connectivity index (χ4v) is 3.23. The van der Waals surface area contributed by atoms with Crippen LogP contribution in [0.4, 0.5) is 10.1 Å². The molecule has 0 aliphatic rings. The maximum absolute atomic E-state index is 13.2. The van der Waals surface area contributed by atoms with Crippen LogP contribution in [-0.4, -0.2) is 36.9 Å². The molecule has 2 N–H and O–H groups in total. The lowest BCUT2D eigenvalue weighted by atomic mass is 9.96. The number of nitrogens with one attached hydrogen (secondary N) is 2. The van der Waals surface area contributed by atoms with Crippen LogP contribution in [0.5, 0.6) is 0 Å². The highest BCUT2D eigenvalue weighted by atomic mass is 19.1. The van der Waals surface area contributed by atoms with Gasteiger partial charge in [0.15, 0.2) is 0 Å². The first-order valence-corrected chi connectivity index (χ1v) is 9.78. The van der Waals surface area contributed by atoms with Crippen molar-refractivity contribution in [2.24, 2.45) is 5.92 Å². The van der Waals surface area contributed by atoms with E-state index in [0.29, 0.717) is 0 Å². The Balaban J connectivity index is 1.92. The fraction of sp³-hybridized carbons (Fsp3) is 0.391. The topological polar surface area (TPSA) is 61.4 Å². The van der Waals surface area contributed by atoms with Crippen molar-refractivity contribution in [3.05, 3.63) is 65.0 Å². The number of likely N-dealkylation sites (N-methyl/N-ethyl adjacent to an activating group) is 1. The first-order chi connectivity index (χ1) is 13.7. The van der Waals surface area contributed by atoms with Crippen LogP contribution in [0.3, 0.4) is 0 Å². The molecular formula is C23H30FN3O2. The van der Waals surface area contributed by atoms with E-state index in [0.717, 1.165) is 22.4 Å². The van der Waals surface area contributed by atoms with Crippen molar-refractivity contribution in [2.75, 3.05) is 25.5 Å². The number of amides is 2. The Morgan fingerprint density at radius 3 is 2.17 bits per heavy atom. The third kappa shape index (κ3) is 6.39. The van der Waals surface area contributed by atoms with Crippen LogP contribution in [0, 0.1) is 25.6 Å². The van der Waals surface area contributed by atoms with Crippen LogP contribution >= 0.6 is 0 Å². The molecule has 29 heavy (non-hydrogen) atoms. The van der Waals surface area contributed by atoms with E-state index < -0.39 is 0 Å². The molecular weight excluding hydrogens is 369 g/mol. The predicted octanol–water partition coefficient (Wildman–Crippen LogP) is 3.83. The van der Waals surface area contributed by atoms with Gasteiger partial charge in [0.1, 0.15) is 5.82 Å². The van der Waals surface area contributed by atoms with Crippen LogP contribution < -0.4 is 10.6 Å². The number of aryl methyl sites for hydroxylation is 2. The summed E-state index contributed by atoms with van der Waals surface area (Å²) in [5.74, 6) is -0.500. The average molecular weight is 400 g/mol. The number of halogens is 1. The third-order valence-electron chi connectivity index (χ3n) is 4.92. The lowest BCUT2D eigenvalue weighted by Crippen LogP contribution is -2.41. The highest BCUT2D eigenvalue weighted by molar-refractivity contribution is 5.95. The molecule has 0 saturated carbocycles. The van der Waals surface area contributed by atoms with Gasteiger partial charge in [0, 0.05) is 18.8 Å². The van der Waals surface area contributed by atoms with Crippen LogP contribution in [0.1, 0.15) is 36.6 Å². The summed E-state index contributed by atoms with van der Waals surface area (Å²) in [6, 6.07) is 12.0. The van der Waals surface area contributed by atoms with Gasteiger partial charge in [-0.2, -0.15) is 0 Å². The van der Waals surface area contributed by atoms with Crippen molar-refractivity contribution >= 4 is 17.5 Å². The van der Waals surface area contributed by atoms with Crippen molar-refractivity contribution in [3.63, 3.8) is 0 Å². The van der Waals surface area contributed by atoms with Gasteiger partial charge >= 0.3 is 0 Å². The molecule has 0 spiro atoms. The Bertz CT molecular complexity index is 829. The highest BCUT2D eigenvalue weighted by Gasteiger charge is 2.19. The smallest absolute Gasteiger partial charge is 0.243 e. The predicted molar refractivity (Wildman–Crippen MR) is 114 cm³/mol. The average Bonchev–Trinajstić information content (AvgIpc) is 2.66. The van der Waals surface area contributed by atoms with E-state index in [1.807, 2.05) is 45.9 Å². The highest BCUT2D eigenvalue weighted by Crippen LogP contribution is 2.22. The Morgan fingerprint density at radius 1 is 1.03 bits per heavy atom. The second-order valence-electron chi connectivity index (χ2n) is 7.72. The lowest BCUT2D eigenvalue weighted by molar-refractivity contribution is -0.132. The summed E-state index contributed by atoms with van der Waals surface area (Å²) in [6.07, 6.45) is 0. The first-order valence-electron chi connectivity index (χ1n) is 9.78. The van der Waals surface area contributed by atoms with E-state index >= 15 is 0 Å². The van der Waals surface area contributed by atoms with Gasteiger partial charge in [0.05, 0.1) is 13.1 Å². The van der Waals surface area contributed by atoms with E-state index in [9.17, 15) is 14.0 Å². The number of carbonyl (C=O) groups excluding carboxylic acids is 2. The molecule has 0 heterocycles. The van der Waals surface area contributed by atoms with Crippen LogP contribution in [0.15, 0.2) is 42.5 Å². The van der Waals surface area contributed by atoms with Crippen molar-refractivity contribution < 1.29 is 14.0 Å². The van der Waals surface area contributed by atoms with Crippen molar-refractivity contribution in [1.29, 1.82) is 0 Å². The van der Waals surface area contributed by atoms with E-state index in [1.165, 1.54) is 17.0 Å². The Morgan fingerprint density at radius 2 is 1.62 bits per heavy atom. The van der Waals surface area contributed by atoms with Crippen LogP contribution in [0.2, 0.25) is 0 Å². The summed E-state index contributed by atoms with van der Waals surface area (Å²) in [6.45, 7) is 8.00. The summed E-state index contributed by atoms with van der Waals surface area (Å²) in [5.41, 5.74) is 3.67. The molecule has 156 valence electrons. The van der Waals surface area contributed by atoms with Crippen LogP contribution in [-0.2, 0) is 9.59 Å². The molecule has 0 aromatic heterocycles. The minimum Gasteiger partial charge on any atom is -0.335 e. The zero-order valence-corrected chi connectivity index (χ0v) is 17.8. The Hall–Kier alpha value is -2.73. The first kappa shape index (κ1) is 22.6. The SMILES string of the molecule is Cc1cccc(C)c1NC(=O)CN(C)C(=O)CN[C@H](c1ccc(F)cc1)C(C)C. The molecule has 2 rings (SSSR count). The molecule has 0 fully saturated rings. The minimum atomic E-state index is -0.290. The molecule has 2 aromatic carbocycles. The van der Waals surface area contributed by atoms with E-state index in [4.69, 9.17) is 0 Å². The standard InChI is InChI=1S/C23H30FN3O2/c1-15(2)22(18-9-11-19(24)12-10-18)25-13-21(29)27(5)14-20(28)26-23-16(3)7-6-8-17(23)4/h6-12,15,22,25H,13-14H2,1-5H3,(H,26,28)/t22-/m0/s1. The van der Waals surface area contributed by atoms with Gasteiger partial charge in [-0.1, -0.05) is 44.2 Å². The van der Waals surface area contributed by atoms with Crippen molar-refractivity contribution in [2.45, 2.75) is 33.7 Å². The summed E-state index contributed by atoms with van der Waals surface area (Å²) < 4.78 is 13.2. The third-order valence-corrected chi connectivity index (χ3v) is 4.92. The molecule has 0 aliphatic heterocycles. The molecule has 1 atom stereocenters. The van der Waals surface area contributed by atoms with Gasteiger partial charge in [-0.15, -0.1) is 0 Å². The zero-order valence-electron chi connectivity index (χ0n) is 17.8. The Kier molecular flexibility index (Phi) is 7.91. The Labute approximate surface area is 172 Å². The summed E-state index contributed by atoms with van der Waals surface area (Å²) in [7, 11) is 1.61. The number of hydrogen-bond donors (Lipinski definition) is 2. The van der Waals surface area contributed by atoms with E-state index in [1.54, 1.807) is 19.2 Å². The summed E-state index contributed by atoms with van der Waals surface area (Å²) in [5, 5.41) is 6.12. The number of para-hydroxylation sites is 1. The molecule has 2 amide bonds. The van der Waals surface area contributed by atoms with Gasteiger partial charge in [-0.3, -0.25) is 9.59 Å². The normalized spacial score (nSPS) is 12.0.